The van der Waals surface area contributed by atoms with E-state index in [1.165, 1.54) is 12.8 Å². The number of carbonyl (C=O) groups excluding carboxylic acids is 1. The molecule has 4 rings (SSSR count). The molecule has 0 aliphatic carbocycles. The number of ether oxygens (including phenoxy) is 2. The number of nitrogens with zero attached hydrogens (tertiary/aromatic N) is 1. The number of carbonyl (C=O) groups is 1. The van der Waals surface area contributed by atoms with Crippen LogP contribution >= 0.6 is 11.6 Å². The number of hydrogen-bond acceptors (Lipinski definition) is 4. The average molecular weight is 509 g/mol. The van der Waals surface area contributed by atoms with E-state index in [1.807, 2.05) is 43.3 Å². The molecule has 6 heteroatoms. The number of nitrogens with one attached hydrogen (secondary N) is 1. The fraction of sp³-hybridized carbons (Fsp3) is 0.400. The van der Waals surface area contributed by atoms with Gasteiger partial charge < -0.3 is 9.47 Å². The zero-order chi connectivity index (χ0) is 26.2. The predicted molar refractivity (Wildman–Crippen MR) is 148 cm³/mol. The van der Waals surface area contributed by atoms with E-state index >= 15 is 0 Å². The second-order valence-corrected chi connectivity index (χ2v) is 9.74. The van der Waals surface area contributed by atoms with Gasteiger partial charge in [0.15, 0.2) is 5.78 Å². The van der Waals surface area contributed by atoms with Gasteiger partial charge in [0, 0.05) is 10.6 Å². The van der Waals surface area contributed by atoms with Gasteiger partial charge in [-0.2, -0.15) is 5.10 Å². The SMILES string of the molecule is C/C=C(/C(=O)C1COc2ccc(Cl)cc2C1)c1ccc(-c2cn[nH]c2OC)cc1C(C)C.CCCC. The Labute approximate surface area is 219 Å². The molecular formula is C30H37ClN2O3. The summed E-state index contributed by atoms with van der Waals surface area (Å²) in [6, 6.07) is 11.7. The number of allylic oxidation sites excluding steroid dienone is 2. The number of benzene rings is 2. The molecule has 0 amide bonds. The average Bonchev–Trinajstić information content (AvgIpc) is 3.37. The minimum absolute atomic E-state index is 0.0914. The lowest BCUT2D eigenvalue weighted by Gasteiger charge is -2.26. The number of fused-ring (bicyclic) bond motifs is 1. The van der Waals surface area contributed by atoms with Gasteiger partial charge in [0.05, 0.1) is 31.4 Å². The van der Waals surface area contributed by atoms with Crippen LogP contribution in [0.1, 0.15) is 70.1 Å². The molecule has 0 saturated carbocycles. The first-order chi connectivity index (χ1) is 17.3. The van der Waals surface area contributed by atoms with E-state index in [-0.39, 0.29) is 17.6 Å². The van der Waals surface area contributed by atoms with Crippen molar-refractivity contribution in [1.82, 2.24) is 10.2 Å². The zero-order valence-electron chi connectivity index (χ0n) is 22.2. The van der Waals surface area contributed by atoms with Crippen molar-refractivity contribution in [2.45, 2.75) is 59.8 Å². The van der Waals surface area contributed by atoms with Crippen LogP contribution < -0.4 is 9.47 Å². The summed E-state index contributed by atoms with van der Waals surface area (Å²) in [6.07, 6.45) is 6.92. The van der Waals surface area contributed by atoms with Crippen molar-refractivity contribution in [2.24, 2.45) is 5.92 Å². The van der Waals surface area contributed by atoms with Crippen LogP contribution in [0.15, 0.2) is 48.7 Å². The predicted octanol–water partition coefficient (Wildman–Crippen LogP) is 7.89. The highest BCUT2D eigenvalue weighted by Gasteiger charge is 2.30. The smallest absolute Gasteiger partial charge is 0.216 e. The van der Waals surface area contributed by atoms with E-state index in [0.717, 1.165) is 39.1 Å². The molecule has 1 aliphatic rings. The second-order valence-electron chi connectivity index (χ2n) is 9.30. The number of ketones is 1. The molecule has 2 aromatic carbocycles. The van der Waals surface area contributed by atoms with Crippen LogP contribution in [-0.4, -0.2) is 29.7 Å². The molecule has 1 atom stereocenters. The molecule has 0 radical (unpaired) electrons. The Hall–Kier alpha value is -3.05. The molecule has 1 aliphatic heterocycles. The third kappa shape index (κ3) is 6.19. The van der Waals surface area contributed by atoms with Crippen molar-refractivity contribution in [2.75, 3.05) is 13.7 Å². The molecule has 36 heavy (non-hydrogen) atoms. The summed E-state index contributed by atoms with van der Waals surface area (Å²) >= 11 is 6.16. The van der Waals surface area contributed by atoms with Crippen molar-refractivity contribution in [3.8, 4) is 22.8 Å². The fourth-order valence-electron chi connectivity index (χ4n) is 4.27. The van der Waals surface area contributed by atoms with Crippen LogP contribution in [0.2, 0.25) is 5.02 Å². The number of rotatable bonds is 7. The number of aromatic amines is 1. The monoisotopic (exact) mass is 508 g/mol. The maximum absolute atomic E-state index is 13.6. The number of methoxy groups -OCH3 is 1. The second kappa shape index (κ2) is 12.8. The summed E-state index contributed by atoms with van der Waals surface area (Å²) in [6.45, 7) is 10.9. The topological polar surface area (TPSA) is 64.2 Å². The molecule has 3 aromatic rings. The number of halogens is 1. The summed E-state index contributed by atoms with van der Waals surface area (Å²) in [5.41, 5.74) is 5.64. The highest BCUT2D eigenvalue weighted by molar-refractivity contribution is 6.30. The van der Waals surface area contributed by atoms with E-state index in [4.69, 9.17) is 21.1 Å². The van der Waals surface area contributed by atoms with Crippen molar-refractivity contribution < 1.29 is 14.3 Å². The molecular weight excluding hydrogens is 472 g/mol. The van der Waals surface area contributed by atoms with Gasteiger partial charge in [-0.25, -0.2) is 5.10 Å². The molecule has 0 spiro atoms. The molecule has 5 nitrogen and oxygen atoms in total. The largest absolute Gasteiger partial charge is 0.493 e. The Morgan fingerprint density at radius 1 is 1.22 bits per heavy atom. The Kier molecular flexibility index (Phi) is 9.77. The van der Waals surface area contributed by atoms with Gasteiger partial charge in [0.25, 0.3) is 0 Å². The standard InChI is InChI=1S/C26H27ClN2O3.C4H10/c1-5-20(25(30)18-10-17-11-19(27)7-9-24(17)32-14-18)21-8-6-16(12-22(21)15(2)3)23-13-28-29-26(23)31-4;1-3-4-2/h5-9,11-13,15,18H,10,14H2,1-4H3,(H,28,29);3-4H2,1-2H3/b20-5+;. The Balaban J connectivity index is 0.000000840. The van der Waals surface area contributed by atoms with E-state index < -0.39 is 0 Å². The molecule has 1 N–H and O–H groups in total. The van der Waals surface area contributed by atoms with Crippen molar-refractivity contribution in [1.29, 1.82) is 0 Å². The van der Waals surface area contributed by atoms with Crippen LogP contribution in [0, 0.1) is 5.92 Å². The minimum atomic E-state index is -0.249. The van der Waals surface area contributed by atoms with E-state index in [2.05, 4.69) is 44.0 Å². The first kappa shape index (κ1) is 27.5. The molecule has 0 bridgehead atoms. The summed E-state index contributed by atoms with van der Waals surface area (Å²) < 4.78 is 11.3. The maximum atomic E-state index is 13.6. The van der Waals surface area contributed by atoms with Gasteiger partial charge in [-0.3, -0.25) is 4.79 Å². The molecule has 1 unspecified atom stereocenters. The quantitative estimate of drug-likeness (QED) is 0.329. The van der Waals surface area contributed by atoms with Gasteiger partial charge in [0.1, 0.15) is 5.75 Å². The number of aromatic nitrogens is 2. The number of unbranched alkanes of at least 4 members (excludes halogenated alkanes) is 1. The fourth-order valence-corrected chi connectivity index (χ4v) is 4.47. The highest BCUT2D eigenvalue weighted by Crippen LogP contribution is 2.37. The number of hydrogen-bond donors (Lipinski definition) is 1. The molecule has 0 fully saturated rings. The Bertz CT molecular complexity index is 1210. The molecule has 0 saturated heterocycles. The highest BCUT2D eigenvalue weighted by atomic mass is 35.5. The first-order valence-electron chi connectivity index (χ1n) is 12.7. The first-order valence-corrected chi connectivity index (χ1v) is 13.1. The van der Waals surface area contributed by atoms with Crippen LogP contribution in [0.4, 0.5) is 0 Å². The third-order valence-corrected chi connectivity index (χ3v) is 6.67. The van der Waals surface area contributed by atoms with Crippen molar-refractivity contribution in [3.05, 3.63) is 70.4 Å². The summed E-state index contributed by atoms with van der Waals surface area (Å²) in [7, 11) is 1.61. The van der Waals surface area contributed by atoms with Gasteiger partial charge in [-0.15, -0.1) is 0 Å². The summed E-state index contributed by atoms with van der Waals surface area (Å²) in [5.74, 6) is 1.50. The molecule has 1 aromatic heterocycles. The van der Waals surface area contributed by atoms with E-state index in [0.29, 0.717) is 23.9 Å². The Morgan fingerprint density at radius 2 is 1.97 bits per heavy atom. The van der Waals surface area contributed by atoms with Gasteiger partial charge in [-0.05, 0) is 59.7 Å². The minimum Gasteiger partial charge on any atom is -0.493 e. The lowest BCUT2D eigenvalue weighted by Crippen LogP contribution is -2.29. The van der Waals surface area contributed by atoms with Gasteiger partial charge in [-0.1, -0.05) is 76.4 Å². The summed E-state index contributed by atoms with van der Waals surface area (Å²) in [5, 5.41) is 7.61. The maximum Gasteiger partial charge on any atom is 0.216 e. The lowest BCUT2D eigenvalue weighted by atomic mass is 9.83. The van der Waals surface area contributed by atoms with Crippen LogP contribution in [-0.2, 0) is 11.2 Å². The number of H-pyrrole nitrogens is 1. The molecule has 2 heterocycles. The van der Waals surface area contributed by atoms with Crippen molar-refractivity contribution in [3.63, 3.8) is 0 Å². The normalized spacial score (nSPS) is 15.0. The van der Waals surface area contributed by atoms with E-state index in [1.54, 1.807) is 13.3 Å². The van der Waals surface area contributed by atoms with Gasteiger partial charge in [0.2, 0.25) is 5.88 Å². The summed E-state index contributed by atoms with van der Waals surface area (Å²) in [4.78, 5) is 13.6. The third-order valence-electron chi connectivity index (χ3n) is 6.44. The van der Waals surface area contributed by atoms with Crippen molar-refractivity contribution >= 4 is 23.0 Å². The zero-order valence-corrected chi connectivity index (χ0v) is 22.9. The van der Waals surface area contributed by atoms with Crippen LogP contribution in [0.5, 0.6) is 11.6 Å². The van der Waals surface area contributed by atoms with E-state index in [9.17, 15) is 4.79 Å². The van der Waals surface area contributed by atoms with Gasteiger partial charge >= 0.3 is 0 Å². The Morgan fingerprint density at radius 3 is 2.61 bits per heavy atom. The van der Waals surface area contributed by atoms with Crippen LogP contribution in [0.3, 0.4) is 0 Å². The van der Waals surface area contributed by atoms with Crippen LogP contribution in [0.25, 0.3) is 16.7 Å². The lowest BCUT2D eigenvalue weighted by molar-refractivity contribution is -0.118. The molecule has 192 valence electrons. The number of Topliss-reactive ketones (excluding diaryl/α,β-unsaturated/α-hetero) is 1.